The third kappa shape index (κ3) is 4.96. The van der Waals surface area contributed by atoms with Crippen molar-refractivity contribution < 1.29 is 13.2 Å². The van der Waals surface area contributed by atoms with Crippen LogP contribution < -0.4 is 10.0 Å². The zero-order chi connectivity index (χ0) is 22.0. The smallest absolute Gasteiger partial charge is 0.271 e. The lowest BCUT2D eigenvalue weighted by Crippen LogP contribution is -2.11. The Labute approximate surface area is 192 Å². The van der Waals surface area contributed by atoms with Gasteiger partial charge in [-0.1, -0.05) is 53.3 Å². The molecular formula is C21H16ClN3O3S3. The van der Waals surface area contributed by atoms with Crippen LogP contribution in [0, 0.1) is 6.92 Å². The molecule has 0 aliphatic carbocycles. The molecule has 0 aliphatic rings. The highest BCUT2D eigenvalue weighted by molar-refractivity contribution is 7.94. The fraction of sp³-hybridized carbons (Fsp3) is 0.0476. The summed E-state index contributed by atoms with van der Waals surface area (Å²) in [7, 11) is -3.73. The normalized spacial score (nSPS) is 11.3. The first-order valence-corrected chi connectivity index (χ1v) is 12.5. The summed E-state index contributed by atoms with van der Waals surface area (Å²) >= 11 is 8.06. The van der Waals surface area contributed by atoms with Crippen LogP contribution in [-0.2, 0) is 10.0 Å². The van der Waals surface area contributed by atoms with Crippen LogP contribution in [0.25, 0.3) is 0 Å². The van der Waals surface area contributed by atoms with Gasteiger partial charge < -0.3 is 5.32 Å². The van der Waals surface area contributed by atoms with Crippen LogP contribution in [0.3, 0.4) is 0 Å². The quantitative estimate of drug-likeness (QED) is 0.313. The van der Waals surface area contributed by atoms with E-state index in [0.29, 0.717) is 31.3 Å². The van der Waals surface area contributed by atoms with Crippen molar-refractivity contribution in [2.24, 2.45) is 0 Å². The zero-order valence-electron chi connectivity index (χ0n) is 16.1. The lowest BCUT2D eigenvalue weighted by Gasteiger charge is -2.08. The molecule has 0 aliphatic heterocycles. The molecule has 0 saturated heterocycles. The molecule has 0 amide bonds. The summed E-state index contributed by atoms with van der Waals surface area (Å²) in [6, 6.07) is 17.2. The van der Waals surface area contributed by atoms with Gasteiger partial charge in [0.15, 0.2) is 5.13 Å². The lowest BCUT2D eigenvalue weighted by atomic mass is 10.0. The van der Waals surface area contributed by atoms with Crippen molar-refractivity contribution in [1.29, 1.82) is 0 Å². The Morgan fingerprint density at radius 1 is 1.00 bits per heavy atom. The van der Waals surface area contributed by atoms with Crippen LogP contribution in [0.15, 0.2) is 71.1 Å². The third-order valence-corrected chi connectivity index (χ3v) is 8.31. The van der Waals surface area contributed by atoms with Crippen molar-refractivity contribution >= 4 is 66.6 Å². The predicted octanol–water partition coefficient (Wildman–Crippen LogP) is 5.94. The maximum atomic E-state index is 12.7. The van der Waals surface area contributed by atoms with Crippen molar-refractivity contribution in [2.75, 3.05) is 10.0 Å². The molecule has 0 bridgehead atoms. The number of anilines is 3. The van der Waals surface area contributed by atoms with Gasteiger partial charge in [0.2, 0.25) is 5.78 Å². The van der Waals surface area contributed by atoms with Crippen molar-refractivity contribution in [1.82, 2.24) is 4.98 Å². The first-order chi connectivity index (χ1) is 14.8. The number of rotatable bonds is 7. The Kier molecular flexibility index (Phi) is 6.10. The van der Waals surface area contributed by atoms with E-state index >= 15 is 0 Å². The summed E-state index contributed by atoms with van der Waals surface area (Å²) < 4.78 is 28.1. The second-order valence-corrected chi connectivity index (χ2v) is 11.2. The molecule has 0 radical (unpaired) electrons. The number of hydrogen-bond acceptors (Lipinski definition) is 7. The van der Waals surface area contributed by atoms with E-state index in [1.54, 1.807) is 30.3 Å². The van der Waals surface area contributed by atoms with Gasteiger partial charge in [0, 0.05) is 11.3 Å². The number of nitrogens with one attached hydrogen (secondary N) is 2. The fourth-order valence-electron chi connectivity index (χ4n) is 2.83. The standard InChI is InChI=1S/C21H16ClN3O3S3/c1-13-5-2-3-8-16(13)20(26)17-12-23-21(29-17)24-14-6-4-7-15(11-14)25-31(27,28)19-10-9-18(22)30-19/h2-12,25H,1H3,(H,23,24). The van der Waals surface area contributed by atoms with Crippen LogP contribution >= 0.6 is 34.3 Å². The number of carbonyl (C=O) groups is 1. The van der Waals surface area contributed by atoms with E-state index in [1.165, 1.54) is 29.7 Å². The van der Waals surface area contributed by atoms with Crippen LogP contribution in [0.2, 0.25) is 4.34 Å². The summed E-state index contributed by atoms with van der Waals surface area (Å²) in [4.78, 5) is 17.5. The Hall–Kier alpha value is -2.72. The van der Waals surface area contributed by atoms with E-state index in [9.17, 15) is 13.2 Å². The van der Waals surface area contributed by atoms with E-state index in [-0.39, 0.29) is 9.99 Å². The molecule has 31 heavy (non-hydrogen) atoms. The Balaban J connectivity index is 1.50. The summed E-state index contributed by atoms with van der Waals surface area (Å²) in [5.74, 6) is -0.0835. The number of nitrogens with zero attached hydrogens (tertiary/aromatic N) is 1. The first-order valence-electron chi connectivity index (χ1n) is 9.03. The minimum absolute atomic E-state index is 0.0835. The van der Waals surface area contributed by atoms with Crippen LogP contribution in [-0.4, -0.2) is 19.2 Å². The molecule has 2 aromatic heterocycles. The summed E-state index contributed by atoms with van der Waals surface area (Å²) in [6.45, 7) is 1.89. The van der Waals surface area contributed by atoms with Crippen molar-refractivity contribution in [3.05, 3.63) is 87.2 Å². The van der Waals surface area contributed by atoms with E-state index in [0.717, 1.165) is 16.9 Å². The maximum Gasteiger partial charge on any atom is 0.271 e. The second-order valence-electron chi connectivity index (χ2n) is 6.54. The summed E-state index contributed by atoms with van der Waals surface area (Å²) in [5, 5.41) is 3.65. The number of benzene rings is 2. The topological polar surface area (TPSA) is 88.2 Å². The van der Waals surface area contributed by atoms with E-state index in [4.69, 9.17) is 11.6 Å². The number of thiazole rings is 1. The van der Waals surface area contributed by atoms with E-state index < -0.39 is 10.0 Å². The van der Waals surface area contributed by atoms with E-state index in [1.807, 2.05) is 25.1 Å². The molecule has 6 nitrogen and oxygen atoms in total. The van der Waals surface area contributed by atoms with Gasteiger partial charge in [-0.25, -0.2) is 13.4 Å². The average Bonchev–Trinajstić information content (AvgIpc) is 3.37. The highest BCUT2D eigenvalue weighted by atomic mass is 35.5. The molecular weight excluding hydrogens is 474 g/mol. The number of sulfonamides is 1. The molecule has 4 aromatic rings. The molecule has 0 fully saturated rings. The minimum Gasteiger partial charge on any atom is -0.331 e. The molecule has 2 aromatic carbocycles. The highest BCUT2D eigenvalue weighted by Crippen LogP contribution is 2.29. The average molecular weight is 490 g/mol. The first kappa shape index (κ1) is 21.5. The number of aromatic nitrogens is 1. The molecule has 0 atom stereocenters. The largest absolute Gasteiger partial charge is 0.331 e. The summed E-state index contributed by atoms with van der Waals surface area (Å²) in [6.07, 6.45) is 1.54. The Morgan fingerprint density at radius 3 is 2.52 bits per heavy atom. The van der Waals surface area contributed by atoms with E-state index in [2.05, 4.69) is 15.0 Å². The van der Waals surface area contributed by atoms with Gasteiger partial charge >= 0.3 is 0 Å². The van der Waals surface area contributed by atoms with Gasteiger partial charge in [-0.2, -0.15) is 0 Å². The van der Waals surface area contributed by atoms with Gasteiger partial charge in [-0.15, -0.1) is 11.3 Å². The molecule has 4 rings (SSSR count). The molecule has 10 heteroatoms. The number of aryl methyl sites for hydroxylation is 1. The van der Waals surface area contributed by atoms with Gasteiger partial charge in [0.1, 0.15) is 4.21 Å². The van der Waals surface area contributed by atoms with Gasteiger partial charge in [-0.3, -0.25) is 9.52 Å². The Bertz CT molecular complexity index is 1360. The molecule has 2 N–H and O–H groups in total. The SMILES string of the molecule is Cc1ccccc1C(=O)c1cnc(Nc2cccc(NS(=O)(=O)c3ccc(Cl)s3)c2)s1. The van der Waals surface area contributed by atoms with Gasteiger partial charge in [-0.05, 0) is 42.8 Å². The lowest BCUT2D eigenvalue weighted by molar-refractivity contribution is 0.104. The molecule has 0 unspecified atom stereocenters. The maximum absolute atomic E-state index is 12.7. The van der Waals surface area contributed by atoms with Crippen molar-refractivity contribution in [2.45, 2.75) is 11.1 Å². The number of halogens is 1. The monoisotopic (exact) mass is 489 g/mol. The molecule has 158 valence electrons. The molecule has 0 spiro atoms. The fourth-order valence-corrected chi connectivity index (χ4v) is 6.15. The summed E-state index contributed by atoms with van der Waals surface area (Å²) in [5.41, 5.74) is 2.57. The molecule has 0 saturated carbocycles. The van der Waals surface area contributed by atoms with Gasteiger partial charge in [0.25, 0.3) is 10.0 Å². The number of ketones is 1. The predicted molar refractivity (Wildman–Crippen MR) is 127 cm³/mol. The van der Waals surface area contributed by atoms with Crippen LogP contribution in [0.5, 0.6) is 0 Å². The van der Waals surface area contributed by atoms with Crippen LogP contribution in [0.4, 0.5) is 16.5 Å². The second kappa shape index (κ2) is 8.80. The molecule has 2 heterocycles. The highest BCUT2D eigenvalue weighted by Gasteiger charge is 2.18. The minimum atomic E-state index is -3.73. The zero-order valence-corrected chi connectivity index (χ0v) is 19.3. The number of thiophene rings is 1. The third-order valence-electron chi connectivity index (χ3n) is 4.30. The van der Waals surface area contributed by atoms with Crippen LogP contribution in [0.1, 0.15) is 20.8 Å². The van der Waals surface area contributed by atoms with Crippen molar-refractivity contribution in [3.8, 4) is 0 Å². The number of hydrogen-bond donors (Lipinski definition) is 2. The van der Waals surface area contributed by atoms with Gasteiger partial charge in [0.05, 0.1) is 21.1 Å². The number of carbonyl (C=O) groups excluding carboxylic acids is 1. The van der Waals surface area contributed by atoms with Crippen molar-refractivity contribution in [3.63, 3.8) is 0 Å². The Morgan fingerprint density at radius 2 is 1.77 bits per heavy atom.